The van der Waals surface area contributed by atoms with Crippen LogP contribution < -0.4 is 0 Å². The van der Waals surface area contributed by atoms with E-state index in [1.165, 1.54) is 51.4 Å². The number of hydrogen-bond donors (Lipinski definition) is 0. The van der Waals surface area contributed by atoms with Crippen molar-refractivity contribution in [1.82, 2.24) is 0 Å². The lowest BCUT2D eigenvalue weighted by molar-refractivity contribution is -0.215. The molecule has 27 heavy (non-hydrogen) atoms. The van der Waals surface area contributed by atoms with E-state index in [1.54, 1.807) is 6.07 Å². The molecule has 2 fully saturated rings. The Morgan fingerprint density at radius 1 is 0.926 bits per heavy atom. The van der Waals surface area contributed by atoms with Gasteiger partial charge in [-0.05, 0) is 42.7 Å². The molecule has 1 aliphatic heterocycles. The van der Waals surface area contributed by atoms with Crippen LogP contribution >= 0.6 is 0 Å². The van der Waals surface area contributed by atoms with Crippen molar-refractivity contribution in [2.75, 3.05) is 13.2 Å². The zero-order valence-corrected chi connectivity index (χ0v) is 17.2. The number of rotatable bonds is 8. The standard InChI is InChI=1S/C24H37FO2/c1-3-5-6-8-18-9-12-20(13-10-18)21-16-26-24(27-17-21)22-14-11-19(7-4-2)15-23(22)25/h11,14-15,18,20-21,24H,3-10,12-13,16-17H2,1-2H3/t18?,20?,21-,24-. The van der Waals surface area contributed by atoms with E-state index in [9.17, 15) is 4.39 Å². The van der Waals surface area contributed by atoms with Crippen LogP contribution in [0.2, 0.25) is 0 Å². The molecule has 0 amide bonds. The monoisotopic (exact) mass is 376 g/mol. The van der Waals surface area contributed by atoms with Crippen molar-refractivity contribution in [3.63, 3.8) is 0 Å². The largest absolute Gasteiger partial charge is 0.348 e. The maximum absolute atomic E-state index is 14.4. The fourth-order valence-corrected chi connectivity index (χ4v) is 4.81. The van der Waals surface area contributed by atoms with Crippen molar-refractivity contribution in [2.45, 2.75) is 84.3 Å². The Balaban J connectivity index is 1.44. The topological polar surface area (TPSA) is 18.5 Å². The van der Waals surface area contributed by atoms with Gasteiger partial charge in [0.2, 0.25) is 0 Å². The molecule has 1 aromatic rings. The highest BCUT2D eigenvalue weighted by atomic mass is 19.1. The van der Waals surface area contributed by atoms with Gasteiger partial charge in [-0.25, -0.2) is 4.39 Å². The average molecular weight is 377 g/mol. The van der Waals surface area contributed by atoms with E-state index in [2.05, 4.69) is 13.8 Å². The summed E-state index contributed by atoms with van der Waals surface area (Å²) in [7, 11) is 0. The van der Waals surface area contributed by atoms with Crippen LogP contribution in [-0.4, -0.2) is 13.2 Å². The number of hydrogen-bond acceptors (Lipinski definition) is 2. The minimum Gasteiger partial charge on any atom is -0.348 e. The average Bonchev–Trinajstić information content (AvgIpc) is 2.69. The van der Waals surface area contributed by atoms with Gasteiger partial charge in [0.1, 0.15) is 5.82 Å². The first kappa shape index (κ1) is 20.8. The minimum atomic E-state index is -0.540. The molecule has 0 unspecified atom stereocenters. The van der Waals surface area contributed by atoms with Gasteiger partial charge in [0, 0.05) is 11.5 Å². The van der Waals surface area contributed by atoms with Crippen molar-refractivity contribution in [3.05, 3.63) is 35.1 Å². The molecule has 2 aliphatic rings. The van der Waals surface area contributed by atoms with Crippen LogP contribution in [0, 0.1) is 23.6 Å². The molecule has 1 heterocycles. The van der Waals surface area contributed by atoms with Gasteiger partial charge < -0.3 is 9.47 Å². The van der Waals surface area contributed by atoms with Crippen molar-refractivity contribution in [1.29, 1.82) is 0 Å². The van der Waals surface area contributed by atoms with Gasteiger partial charge in [-0.1, -0.05) is 70.9 Å². The Kier molecular flexibility index (Phi) is 8.14. The summed E-state index contributed by atoms with van der Waals surface area (Å²) in [5.74, 6) is 1.92. The summed E-state index contributed by atoms with van der Waals surface area (Å²) in [5, 5.41) is 0. The first-order valence-electron chi connectivity index (χ1n) is 11.2. The summed E-state index contributed by atoms with van der Waals surface area (Å²) >= 11 is 0. The maximum atomic E-state index is 14.4. The van der Waals surface area contributed by atoms with Gasteiger partial charge in [-0.15, -0.1) is 0 Å². The number of unbranched alkanes of at least 4 members (excludes halogenated alkanes) is 2. The molecule has 2 nitrogen and oxygen atoms in total. The fourth-order valence-electron chi connectivity index (χ4n) is 4.81. The van der Waals surface area contributed by atoms with Crippen LogP contribution in [0.25, 0.3) is 0 Å². The van der Waals surface area contributed by atoms with Gasteiger partial charge in [-0.3, -0.25) is 0 Å². The third-order valence-corrected chi connectivity index (χ3v) is 6.55. The molecule has 1 saturated heterocycles. The quantitative estimate of drug-likeness (QED) is 0.463. The first-order chi connectivity index (χ1) is 13.2. The van der Waals surface area contributed by atoms with Gasteiger partial charge in [0.05, 0.1) is 13.2 Å². The summed E-state index contributed by atoms with van der Waals surface area (Å²) in [6.45, 7) is 5.79. The van der Waals surface area contributed by atoms with Gasteiger partial charge in [0.25, 0.3) is 0 Å². The number of halogens is 1. The fraction of sp³-hybridized carbons (Fsp3) is 0.750. The molecule has 3 rings (SSSR count). The highest BCUT2D eigenvalue weighted by molar-refractivity contribution is 5.25. The lowest BCUT2D eigenvalue weighted by Crippen LogP contribution is -2.34. The van der Waals surface area contributed by atoms with Crippen LogP contribution in [-0.2, 0) is 15.9 Å². The predicted octanol–water partition coefficient (Wildman–Crippen LogP) is 6.83. The highest BCUT2D eigenvalue weighted by Gasteiger charge is 2.33. The molecule has 152 valence electrons. The Hall–Kier alpha value is -0.930. The number of aryl methyl sites for hydroxylation is 1. The zero-order valence-electron chi connectivity index (χ0n) is 17.2. The van der Waals surface area contributed by atoms with Crippen LogP contribution in [0.15, 0.2) is 18.2 Å². The highest BCUT2D eigenvalue weighted by Crippen LogP contribution is 2.39. The second kappa shape index (κ2) is 10.6. The van der Waals surface area contributed by atoms with E-state index in [4.69, 9.17) is 9.47 Å². The molecule has 1 saturated carbocycles. The van der Waals surface area contributed by atoms with Gasteiger partial charge in [-0.2, -0.15) is 0 Å². The third-order valence-electron chi connectivity index (χ3n) is 6.55. The normalized spacial score (nSPS) is 29.0. The zero-order chi connectivity index (χ0) is 19.1. The van der Waals surface area contributed by atoms with Crippen LogP contribution in [0.4, 0.5) is 4.39 Å². The molecule has 1 aliphatic carbocycles. The van der Waals surface area contributed by atoms with E-state index in [0.29, 0.717) is 30.6 Å². The van der Waals surface area contributed by atoms with Crippen molar-refractivity contribution in [3.8, 4) is 0 Å². The van der Waals surface area contributed by atoms with Gasteiger partial charge >= 0.3 is 0 Å². The van der Waals surface area contributed by atoms with Crippen molar-refractivity contribution >= 4 is 0 Å². The molecule has 0 aromatic heterocycles. The van der Waals surface area contributed by atoms with Crippen LogP contribution in [0.3, 0.4) is 0 Å². The second-order valence-corrected chi connectivity index (χ2v) is 8.64. The van der Waals surface area contributed by atoms with Crippen LogP contribution in [0.1, 0.15) is 89.1 Å². The second-order valence-electron chi connectivity index (χ2n) is 8.64. The summed E-state index contributed by atoms with van der Waals surface area (Å²) in [5.41, 5.74) is 1.59. The molecule has 0 N–H and O–H groups in total. The van der Waals surface area contributed by atoms with E-state index < -0.39 is 6.29 Å². The molecule has 0 radical (unpaired) electrons. The Labute approximate surface area is 164 Å². The third kappa shape index (κ3) is 5.77. The molecule has 1 aromatic carbocycles. The van der Waals surface area contributed by atoms with E-state index >= 15 is 0 Å². The predicted molar refractivity (Wildman–Crippen MR) is 108 cm³/mol. The summed E-state index contributed by atoms with van der Waals surface area (Å²) in [6, 6.07) is 5.48. The van der Waals surface area contributed by atoms with E-state index in [0.717, 1.165) is 24.3 Å². The summed E-state index contributed by atoms with van der Waals surface area (Å²) < 4.78 is 26.3. The lowest BCUT2D eigenvalue weighted by Gasteiger charge is -2.38. The van der Waals surface area contributed by atoms with Gasteiger partial charge in [0.15, 0.2) is 6.29 Å². The molecule has 0 spiro atoms. The Bertz CT molecular complexity index is 557. The first-order valence-corrected chi connectivity index (χ1v) is 11.2. The van der Waals surface area contributed by atoms with Crippen molar-refractivity contribution in [2.24, 2.45) is 17.8 Å². The summed E-state index contributed by atoms with van der Waals surface area (Å²) in [6.07, 6.45) is 12.2. The Morgan fingerprint density at radius 3 is 2.30 bits per heavy atom. The van der Waals surface area contributed by atoms with Crippen LogP contribution in [0.5, 0.6) is 0 Å². The van der Waals surface area contributed by atoms with E-state index in [1.807, 2.05) is 12.1 Å². The van der Waals surface area contributed by atoms with E-state index in [-0.39, 0.29) is 5.82 Å². The molecular formula is C24H37FO2. The van der Waals surface area contributed by atoms with Crippen molar-refractivity contribution < 1.29 is 13.9 Å². The smallest absolute Gasteiger partial charge is 0.186 e. The lowest BCUT2D eigenvalue weighted by atomic mass is 9.74. The number of benzene rings is 1. The minimum absolute atomic E-state index is 0.197. The summed E-state index contributed by atoms with van der Waals surface area (Å²) in [4.78, 5) is 0. The maximum Gasteiger partial charge on any atom is 0.186 e. The number of ether oxygens (including phenoxy) is 2. The SMILES string of the molecule is CCCCCC1CCC([C@H]2CO[C@H](c3ccc(CCC)cc3F)OC2)CC1. The Morgan fingerprint density at radius 2 is 1.67 bits per heavy atom. The molecule has 3 heteroatoms. The molecule has 0 atom stereocenters. The molecule has 0 bridgehead atoms. The molecular weight excluding hydrogens is 339 g/mol.